The maximum absolute atomic E-state index is 13.0. The molecule has 0 aromatic heterocycles. The molecule has 0 spiro atoms. The number of halogens is 1. The highest BCUT2D eigenvalue weighted by atomic mass is 32.2. The van der Waals surface area contributed by atoms with E-state index in [1.54, 1.807) is 6.92 Å². The van der Waals surface area contributed by atoms with Crippen LogP contribution in [0.2, 0.25) is 0 Å². The maximum Gasteiger partial charge on any atom is 0.264 e. The predicted molar refractivity (Wildman–Crippen MR) is 82.5 cm³/mol. The third kappa shape index (κ3) is 3.24. The topological polar surface area (TPSA) is 37.4 Å². The van der Waals surface area contributed by atoms with Gasteiger partial charge in [0.1, 0.15) is 5.82 Å². The van der Waals surface area contributed by atoms with Crippen LogP contribution in [0, 0.1) is 19.7 Å². The highest BCUT2D eigenvalue weighted by Crippen LogP contribution is 2.25. The quantitative estimate of drug-likeness (QED) is 0.864. The summed E-state index contributed by atoms with van der Waals surface area (Å²) in [7, 11) is -3.69. The minimum Gasteiger partial charge on any atom is -0.267 e. The first-order chi connectivity index (χ1) is 9.84. The maximum atomic E-state index is 13.0. The summed E-state index contributed by atoms with van der Waals surface area (Å²) in [5, 5.41) is 0. The van der Waals surface area contributed by atoms with Crippen LogP contribution in [0.1, 0.15) is 18.1 Å². The summed E-state index contributed by atoms with van der Waals surface area (Å²) in [5.41, 5.74) is 2.62. The molecule has 0 N–H and O–H groups in total. The van der Waals surface area contributed by atoms with Crippen LogP contribution in [-0.2, 0) is 10.0 Å². The average Bonchev–Trinajstić information content (AvgIpc) is 2.38. The molecule has 0 aliphatic carbocycles. The molecule has 3 nitrogen and oxygen atoms in total. The molecule has 0 fully saturated rings. The largest absolute Gasteiger partial charge is 0.267 e. The summed E-state index contributed by atoms with van der Waals surface area (Å²) in [6, 6.07) is 10.5. The van der Waals surface area contributed by atoms with Gasteiger partial charge in [-0.15, -0.1) is 0 Å². The van der Waals surface area contributed by atoms with Crippen molar-refractivity contribution in [2.45, 2.75) is 25.7 Å². The summed E-state index contributed by atoms with van der Waals surface area (Å²) in [4.78, 5) is 0.0879. The molecule has 0 radical (unpaired) electrons. The van der Waals surface area contributed by atoms with E-state index in [-0.39, 0.29) is 4.90 Å². The van der Waals surface area contributed by atoms with Gasteiger partial charge >= 0.3 is 0 Å². The molecule has 0 unspecified atom stereocenters. The van der Waals surface area contributed by atoms with Crippen molar-refractivity contribution in [3.8, 4) is 0 Å². The zero-order valence-electron chi connectivity index (χ0n) is 12.3. The lowest BCUT2D eigenvalue weighted by Crippen LogP contribution is -2.30. The smallest absolute Gasteiger partial charge is 0.264 e. The highest BCUT2D eigenvalue weighted by molar-refractivity contribution is 7.92. The number of nitrogens with zero attached hydrogens (tertiary/aromatic N) is 1. The van der Waals surface area contributed by atoms with Crippen LogP contribution >= 0.6 is 0 Å². The van der Waals surface area contributed by atoms with Crippen molar-refractivity contribution in [2.75, 3.05) is 10.8 Å². The minimum atomic E-state index is -3.69. The van der Waals surface area contributed by atoms with Gasteiger partial charge in [-0.1, -0.05) is 6.07 Å². The Hall–Kier alpha value is -1.88. The van der Waals surface area contributed by atoms with Crippen LogP contribution < -0.4 is 4.31 Å². The molecule has 2 aromatic carbocycles. The fourth-order valence-corrected chi connectivity index (χ4v) is 3.78. The number of rotatable bonds is 4. The number of benzene rings is 2. The second kappa shape index (κ2) is 5.85. The Labute approximate surface area is 125 Å². The van der Waals surface area contributed by atoms with Gasteiger partial charge in [0.25, 0.3) is 10.0 Å². The van der Waals surface area contributed by atoms with E-state index in [0.29, 0.717) is 12.2 Å². The first-order valence-corrected chi connectivity index (χ1v) is 8.15. The van der Waals surface area contributed by atoms with Gasteiger partial charge in [-0.3, -0.25) is 4.31 Å². The molecule has 112 valence electrons. The predicted octanol–water partition coefficient (Wildman–Crippen LogP) is 3.66. The third-order valence-corrected chi connectivity index (χ3v) is 5.10. The van der Waals surface area contributed by atoms with E-state index >= 15 is 0 Å². The monoisotopic (exact) mass is 307 g/mol. The molecule has 0 atom stereocenters. The molecule has 0 saturated heterocycles. The molecule has 0 saturated carbocycles. The molecule has 2 rings (SSSR count). The Morgan fingerprint density at radius 3 is 2.00 bits per heavy atom. The van der Waals surface area contributed by atoms with E-state index in [2.05, 4.69) is 0 Å². The van der Waals surface area contributed by atoms with Crippen LogP contribution in [0.3, 0.4) is 0 Å². The fourth-order valence-electron chi connectivity index (χ4n) is 2.32. The van der Waals surface area contributed by atoms with Gasteiger partial charge < -0.3 is 0 Å². The van der Waals surface area contributed by atoms with E-state index < -0.39 is 15.8 Å². The van der Waals surface area contributed by atoms with Crippen LogP contribution in [0.4, 0.5) is 10.1 Å². The average molecular weight is 307 g/mol. The summed E-state index contributed by atoms with van der Waals surface area (Å²) in [5.74, 6) is -0.455. The van der Waals surface area contributed by atoms with E-state index in [4.69, 9.17) is 0 Å². The standard InChI is InChI=1S/C16H18FNO2S/c1-4-18(15-10-12(2)9-13(3)11-15)21(19,20)16-7-5-14(17)6-8-16/h5-11H,4H2,1-3H3. The first-order valence-electron chi connectivity index (χ1n) is 6.71. The van der Waals surface area contributed by atoms with Gasteiger partial charge in [0.05, 0.1) is 10.6 Å². The molecule has 2 aromatic rings. The van der Waals surface area contributed by atoms with Crippen LogP contribution in [0.5, 0.6) is 0 Å². The summed E-state index contributed by atoms with van der Waals surface area (Å²) in [6.07, 6.45) is 0. The lowest BCUT2D eigenvalue weighted by Gasteiger charge is -2.23. The summed E-state index contributed by atoms with van der Waals surface area (Å²) >= 11 is 0. The molecule has 0 aliphatic heterocycles. The molecular formula is C16H18FNO2S. The van der Waals surface area contributed by atoms with E-state index in [1.807, 2.05) is 32.0 Å². The number of sulfonamides is 1. The van der Waals surface area contributed by atoms with Crippen molar-refractivity contribution in [3.05, 3.63) is 59.4 Å². The van der Waals surface area contributed by atoms with Gasteiger partial charge in [-0.25, -0.2) is 12.8 Å². The number of anilines is 1. The molecule has 0 heterocycles. The fraction of sp³-hybridized carbons (Fsp3) is 0.250. The van der Waals surface area contributed by atoms with Gasteiger partial charge in [0.15, 0.2) is 0 Å². The minimum absolute atomic E-state index is 0.0879. The summed E-state index contributed by atoms with van der Waals surface area (Å²) in [6.45, 7) is 5.94. The second-order valence-corrected chi connectivity index (χ2v) is 6.83. The van der Waals surface area contributed by atoms with Crippen molar-refractivity contribution in [2.24, 2.45) is 0 Å². The zero-order valence-corrected chi connectivity index (χ0v) is 13.1. The van der Waals surface area contributed by atoms with Gasteiger partial charge in [0, 0.05) is 6.54 Å². The Bertz CT molecular complexity index is 719. The highest BCUT2D eigenvalue weighted by Gasteiger charge is 2.23. The number of hydrogen-bond acceptors (Lipinski definition) is 2. The van der Waals surface area contributed by atoms with E-state index in [1.165, 1.54) is 16.4 Å². The van der Waals surface area contributed by atoms with Crippen LogP contribution in [-0.4, -0.2) is 15.0 Å². The van der Waals surface area contributed by atoms with Crippen molar-refractivity contribution in [1.82, 2.24) is 0 Å². The molecule has 0 bridgehead atoms. The second-order valence-electron chi connectivity index (χ2n) is 4.97. The lowest BCUT2D eigenvalue weighted by molar-refractivity contribution is 0.590. The molecule has 21 heavy (non-hydrogen) atoms. The van der Waals surface area contributed by atoms with Gasteiger partial charge in [-0.05, 0) is 68.3 Å². The van der Waals surface area contributed by atoms with Gasteiger partial charge in [0.2, 0.25) is 0 Å². The van der Waals surface area contributed by atoms with Crippen molar-refractivity contribution in [1.29, 1.82) is 0 Å². The Balaban J connectivity index is 2.51. The SMILES string of the molecule is CCN(c1cc(C)cc(C)c1)S(=O)(=O)c1ccc(F)cc1. The molecule has 0 amide bonds. The summed E-state index contributed by atoms with van der Waals surface area (Å²) < 4.78 is 39.7. The van der Waals surface area contributed by atoms with Crippen LogP contribution in [0.15, 0.2) is 47.4 Å². The number of aryl methyl sites for hydroxylation is 2. The first kappa shape index (κ1) is 15.5. The van der Waals surface area contributed by atoms with Crippen LogP contribution in [0.25, 0.3) is 0 Å². The normalized spacial score (nSPS) is 11.4. The Kier molecular flexibility index (Phi) is 4.32. The van der Waals surface area contributed by atoms with E-state index in [0.717, 1.165) is 23.3 Å². The Morgan fingerprint density at radius 2 is 1.52 bits per heavy atom. The zero-order chi connectivity index (χ0) is 15.6. The lowest BCUT2D eigenvalue weighted by atomic mass is 10.1. The molecule has 5 heteroatoms. The third-order valence-electron chi connectivity index (χ3n) is 3.18. The van der Waals surface area contributed by atoms with Crippen molar-refractivity contribution >= 4 is 15.7 Å². The van der Waals surface area contributed by atoms with Gasteiger partial charge in [-0.2, -0.15) is 0 Å². The van der Waals surface area contributed by atoms with E-state index in [9.17, 15) is 12.8 Å². The Morgan fingerprint density at radius 1 is 1.00 bits per heavy atom. The molecule has 0 aliphatic rings. The number of hydrogen-bond donors (Lipinski definition) is 0. The van der Waals surface area contributed by atoms with Crippen molar-refractivity contribution < 1.29 is 12.8 Å². The molecular weight excluding hydrogens is 289 g/mol. The van der Waals surface area contributed by atoms with Crippen molar-refractivity contribution in [3.63, 3.8) is 0 Å².